The lowest BCUT2D eigenvalue weighted by Gasteiger charge is -1.97. The largest absolute Gasteiger partial charge is 0.286 e. The van der Waals surface area contributed by atoms with Crippen molar-refractivity contribution in [1.29, 1.82) is 0 Å². The fourth-order valence-electron chi connectivity index (χ4n) is 1.74. The van der Waals surface area contributed by atoms with E-state index in [4.69, 9.17) is 0 Å². The number of aryl methyl sites for hydroxylation is 1. The third kappa shape index (κ3) is 1.87. The van der Waals surface area contributed by atoms with Crippen molar-refractivity contribution in [3.05, 3.63) is 52.1 Å². The zero-order valence-electron chi connectivity index (χ0n) is 9.37. The van der Waals surface area contributed by atoms with E-state index in [9.17, 15) is 0 Å². The lowest BCUT2D eigenvalue weighted by Crippen LogP contribution is -1.88. The first-order valence-electron chi connectivity index (χ1n) is 5.35. The average molecular weight is 241 g/mol. The second kappa shape index (κ2) is 4.14. The maximum absolute atomic E-state index is 4.18. The molecule has 0 atom stereocenters. The van der Waals surface area contributed by atoms with E-state index in [0.717, 1.165) is 17.0 Å². The first-order chi connectivity index (χ1) is 8.34. The fraction of sp³-hybridized carbons (Fsp3) is 0.0769. The topological polar surface area (TPSA) is 30.2 Å². The second-order valence-electron chi connectivity index (χ2n) is 3.79. The highest BCUT2D eigenvalue weighted by Crippen LogP contribution is 2.15. The summed E-state index contributed by atoms with van der Waals surface area (Å²) in [5, 5.41) is 12.5. The minimum Gasteiger partial charge on any atom is -0.286 e. The molecule has 3 aromatic heterocycles. The van der Waals surface area contributed by atoms with Crippen LogP contribution in [-0.4, -0.2) is 14.6 Å². The van der Waals surface area contributed by atoms with E-state index in [-0.39, 0.29) is 0 Å². The molecule has 0 aliphatic carbocycles. The van der Waals surface area contributed by atoms with Crippen LogP contribution in [0.4, 0.5) is 0 Å². The minimum atomic E-state index is 0.900. The molecule has 3 rings (SSSR count). The van der Waals surface area contributed by atoms with Crippen LogP contribution in [0.5, 0.6) is 0 Å². The van der Waals surface area contributed by atoms with Gasteiger partial charge in [0, 0.05) is 11.8 Å². The van der Waals surface area contributed by atoms with Crippen LogP contribution in [0.2, 0.25) is 0 Å². The minimum absolute atomic E-state index is 0.900. The molecule has 3 nitrogen and oxygen atoms in total. The zero-order chi connectivity index (χ0) is 11.7. The molecule has 0 fully saturated rings. The Bertz CT molecular complexity index is 665. The van der Waals surface area contributed by atoms with Crippen molar-refractivity contribution in [3.63, 3.8) is 0 Å². The van der Waals surface area contributed by atoms with Crippen LogP contribution in [0.15, 0.2) is 35.2 Å². The van der Waals surface area contributed by atoms with E-state index in [1.165, 1.54) is 5.56 Å². The average Bonchev–Trinajstić information content (AvgIpc) is 2.97. The number of nitrogens with zero attached hydrogens (tertiary/aromatic N) is 3. The van der Waals surface area contributed by atoms with Crippen molar-refractivity contribution in [2.45, 2.75) is 6.92 Å². The molecule has 0 saturated heterocycles. The number of hydrogen-bond donors (Lipinski definition) is 0. The van der Waals surface area contributed by atoms with Gasteiger partial charge in [-0.3, -0.25) is 4.40 Å². The molecule has 0 radical (unpaired) electrons. The van der Waals surface area contributed by atoms with Crippen molar-refractivity contribution in [3.8, 4) is 0 Å². The third-order valence-corrected chi connectivity index (χ3v) is 3.34. The van der Waals surface area contributed by atoms with Crippen LogP contribution in [0.1, 0.15) is 17.0 Å². The molecule has 0 amide bonds. The van der Waals surface area contributed by atoms with Crippen LogP contribution in [0.3, 0.4) is 0 Å². The molecule has 0 N–H and O–H groups in total. The fourth-order valence-corrected chi connectivity index (χ4v) is 2.37. The number of fused-ring (bicyclic) bond motifs is 1. The Morgan fingerprint density at radius 3 is 3.00 bits per heavy atom. The van der Waals surface area contributed by atoms with Crippen molar-refractivity contribution in [2.75, 3.05) is 0 Å². The summed E-state index contributed by atoms with van der Waals surface area (Å²) in [5.41, 5.74) is 3.20. The van der Waals surface area contributed by atoms with Crippen LogP contribution in [0.25, 0.3) is 17.8 Å². The van der Waals surface area contributed by atoms with Crippen LogP contribution < -0.4 is 0 Å². The zero-order valence-corrected chi connectivity index (χ0v) is 10.2. The normalized spacial score (nSPS) is 11.6. The predicted molar refractivity (Wildman–Crippen MR) is 71.0 cm³/mol. The number of pyridine rings is 1. The van der Waals surface area contributed by atoms with Gasteiger partial charge in [0.2, 0.25) is 0 Å². The third-order valence-electron chi connectivity index (χ3n) is 2.63. The van der Waals surface area contributed by atoms with Gasteiger partial charge in [0.25, 0.3) is 0 Å². The summed E-state index contributed by atoms with van der Waals surface area (Å²) in [6, 6.07) is 6.15. The van der Waals surface area contributed by atoms with Crippen molar-refractivity contribution in [1.82, 2.24) is 14.6 Å². The molecule has 0 aromatic carbocycles. The predicted octanol–water partition coefficient (Wildman–Crippen LogP) is 3.27. The summed E-state index contributed by atoms with van der Waals surface area (Å²) >= 11 is 1.70. The van der Waals surface area contributed by atoms with Crippen molar-refractivity contribution in [2.24, 2.45) is 0 Å². The Hall–Kier alpha value is -1.94. The van der Waals surface area contributed by atoms with Gasteiger partial charge in [-0.2, -0.15) is 11.3 Å². The van der Waals surface area contributed by atoms with E-state index < -0.39 is 0 Å². The molecule has 0 spiro atoms. The Balaban J connectivity index is 2.06. The van der Waals surface area contributed by atoms with Gasteiger partial charge in [0.1, 0.15) is 5.82 Å². The van der Waals surface area contributed by atoms with Gasteiger partial charge in [0.15, 0.2) is 5.65 Å². The smallest absolute Gasteiger partial charge is 0.168 e. The molecule has 0 aliphatic rings. The highest BCUT2D eigenvalue weighted by Gasteiger charge is 2.02. The summed E-state index contributed by atoms with van der Waals surface area (Å²) in [7, 11) is 0. The first-order valence-corrected chi connectivity index (χ1v) is 6.29. The molecule has 3 heterocycles. The molecule has 84 valence electrons. The number of aromatic nitrogens is 3. The molecular formula is C13H11N3S. The number of rotatable bonds is 2. The van der Waals surface area contributed by atoms with Gasteiger partial charge in [-0.05, 0) is 41.4 Å². The monoisotopic (exact) mass is 241 g/mol. The molecule has 0 aliphatic heterocycles. The molecule has 4 heteroatoms. The maximum atomic E-state index is 4.18. The second-order valence-corrected chi connectivity index (χ2v) is 4.57. The maximum Gasteiger partial charge on any atom is 0.168 e. The van der Waals surface area contributed by atoms with Crippen molar-refractivity contribution >= 4 is 29.1 Å². The number of thiophene rings is 1. The molecule has 17 heavy (non-hydrogen) atoms. The lowest BCUT2D eigenvalue weighted by molar-refractivity contribution is 1.01. The van der Waals surface area contributed by atoms with E-state index in [1.807, 2.05) is 29.7 Å². The Kier molecular flexibility index (Phi) is 2.49. The standard InChI is InChI=1S/C13H11N3S/c1-10-14-15-13-12(3-2-7-16(10)13)5-4-11-6-8-17-9-11/h2-9H,1H3/b5-4+. The van der Waals surface area contributed by atoms with Crippen LogP contribution >= 0.6 is 11.3 Å². The Morgan fingerprint density at radius 1 is 1.24 bits per heavy atom. The Labute approximate surface area is 103 Å². The quantitative estimate of drug-likeness (QED) is 0.689. The van der Waals surface area contributed by atoms with Gasteiger partial charge >= 0.3 is 0 Å². The molecule has 0 bridgehead atoms. The van der Waals surface area contributed by atoms with E-state index in [0.29, 0.717) is 0 Å². The van der Waals surface area contributed by atoms with Gasteiger partial charge in [-0.15, -0.1) is 10.2 Å². The highest BCUT2D eigenvalue weighted by molar-refractivity contribution is 7.08. The van der Waals surface area contributed by atoms with Gasteiger partial charge < -0.3 is 0 Å². The summed E-state index contributed by atoms with van der Waals surface area (Å²) in [6.07, 6.45) is 6.15. The molecule has 0 unspecified atom stereocenters. The highest BCUT2D eigenvalue weighted by atomic mass is 32.1. The number of hydrogen-bond acceptors (Lipinski definition) is 3. The van der Waals surface area contributed by atoms with E-state index in [2.05, 4.69) is 39.2 Å². The van der Waals surface area contributed by atoms with E-state index in [1.54, 1.807) is 11.3 Å². The molecule has 3 aromatic rings. The van der Waals surface area contributed by atoms with Crippen molar-refractivity contribution < 1.29 is 0 Å². The molecule has 0 saturated carbocycles. The SMILES string of the molecule is Cc1nnc2c(/C=C/c3ccsc3)cccn12. The van der Waals surface area contributed by atoms with Gasteiger partial charge in [-0.25, -0.2) is 0 Å². The Morgan fingerprint density at radius 2 is 2.18 bits per heavy atom. The summed E-state index contributed by atoms with van der Waals surface area (Å²) in [6.45, 7) is 1.95. The summed E-state index contributed by atoms with van der Waals surface area (Å²) in [5.74, 6) is 0.908. The summed E-state index contributed by atoms with van der Waals surface area (Å²) in [4.78, 5) is 0. The van der Waals surface area contributed by atoms with E-state index >= 15 is 0 Å². The van der Waals surface area contributed by atoms with Crippen LogP contribution in [-0.2, 0) is 0 Å². The molecular weight excluding hydrogens is 230 g/mol. The van der Waals surface area contributed by atoms with Gasteiger partial charge in [-0.1, -0.05) is 12.2 Å². The lowest BCUT2D eigenvalue weighted by atomic mass is 10.2. The van der Waals surface area contributed by atoms with Gasteiger partial charge in [0.05, 0.1) is 0 Å². The summed E-state index contributed by atoms with van der Waals surface area (Å²) < 4.78 is 1.99. The first kappa shape index (κ1) is 10.2. The van der Waals surface area contributed by atoms with Crippen LogP contribution in [0, 0.1) is 6.92 Å².